The maximum Gasteiger partial charge on any atom is 0.0943 e. The number of hydrogen-bond donors (Lipinski definition) is 1. The molecule has 1 aromatic carbocycles. The molecule has 122 valence electrons. The van der Waals surface area contributed by atoms with Gasteiger partial charge >= 0.3 is 0 Å². The molecule has 0 saturated heterocycles. The van der Waals surface area contributed by atoms with Gasteiger partial charge in [-0.2, -0.15) is 0 Å². The number of halogens is 1. The smallest absolute Gasteiger partial charge is 0.0943 e. The monoisotopic (exact) mass is 339 g/mol. The third-order valence-corrected chi connectivity index (χ3v) is 5.79. The average molecular weight is 340 g/mol. The zero-order valence-corrected chi connectivity index (χ0v) is 15.3. The number of fused-ring (bicyclic) bond motifs is 1. The lowest BCUT2D eigenvalue weighted by atomic mass is 9.70. The summed E-state index contributed by atoms with van der Waals surface area (Å²) in [6.07, 6.45) is 4.37. The first-order valence-electron chi connectivity index (χ1n) is 7.87. The summed E-state index contributed by atoms with van der Waals surface area (Å²) in [6.45, 7) is 3.10. The van der Waals surface area contributed by atoms with Crippen LogP contribution in [0.25, 0.3) is 10.1 Å². The lowest BCUT2D eigenvalue weighted by Gasteiger charge is -2.42. The molecule has 0 spiro atoms. The number of hydrogen-bond acceptors (Lipinski definition) is 3. The summed E-state index contributed by atoms with van der Waals surface area (Å²) >= 11 is 1.82. The van der Waals surface area contributed by atoms with Gasteiger partial charge in [-0.3, -0.25) is 0 Å². The summed E-state index contributed by atoms with van der Waals surface area (Å²) in [5, 5.41) is 12.8. The number of aliphatic hydroxyl groups is 1. The summed E-state index contributed by atoms with van der Waals surface area (Å²) in [5.41, 5.74) is 0.478. The van der Waals surface area contributed by atoms with Crippen LogP contribution in [0, 0.1) is 12.8 Å². The largest absolute Gasteiger partial charge is 0.385 e. The summed E-state index contributed by atoms with van der Waals surface area (Å²) in [6, 6.07) is 8.66. The Bertz CT molecular complexity index is 639. The van der Waals surface area contributed by atoms with Crippen LogP contribution in [0.15, 0.2) is 24.3 Å². The summed E-state index contributed by atoms with van der Waals surface area (Å²) in [7, 11) is 4.20. The van der Waals surface area contributed by atoms with Gasteiger partial charge in [-0.15, -0.1) is 23.7 Å². The fraction of sp³-hybridized carbons (Fsp3) is 0.556. The predicted octanol–water partition coefficient (Wildman–Crippen LogP) is 4.57. The topological polar surface area (TPSA) is 23.5 Å². The Morgan fingerprint density at radius 3 is 2.82 bits per heavy atom. The van der Waals surface area contributed by atoms with Crippen LogP contribution in [0.1, 0.15) is 36.1 Å². The molecule has 2 aromatic rings. The molecule has 1 aliphatic rings. The molecule has 1 aliphatic carbocycles. The van der Waals surface area contributed by atoms with Crippen molar-refractivity contribution in [3.8, 4) is 0 Å². The normalized spacial score (nSPS) is 25.4. The van der Waals surface area contributed by atoms with E-state index in [1.165, 1.54) is 21.4 Å². The van der Waals surface area contributed by atoms with E-state index in [0.29, 0.717) is 5.92 Å². The Labute approximate surface area is 143 Å². The summed E-state index contributed by atoms with van der Waals surface area (Å²) in [4.78, 5) is 3.53. The number of benzene rings is 1. The third-order valence-electron chi connectivity index (χ3n) is 4.77. The molecule has 3 rings (SSSR count). The van der Waals surface area contributed by atoms with Crippen LogP contribution >= 0.6 is 23.7 Å². The second kappa shape index (κ2) is 6.88. The van der Waals surface area contributed by atoms with Crippen LogP contribution in [0.4, 0.5) is 0 Å². The van der Waals surface area contributed by atoms with E-state index in [1.807, 2.05) is 11.3 Å². The summed E-state index contributed by atoms with van der Waals surface area (Å²) in [5.74, 6) is 0.326. The van der Waals surface area contributed by atoms with E-state index < -0.39 is 5.60 Å². The van der Waals surface area contributed by atoms with Gasteiger partial charge in [0, 0.05) is 22.0 Å². The van der Waals surface area contributed by atoms with Crippen LogP contribution in [-0.2, 0) is 5.60 Å². The molecule has 0 bridgehead atoms. The van der Waals surface area contributed by atoms with Gasteiger partial charge in [-0.1, -0.05) is 25.0 Å². The van der Waals surface area contributed by atoms with Gasteiger partial charge in [0.15, 0.2) is 0 Å². The first-order valence-corrected chi connectivity index (χ1v) is 8.69. The van der Waals surface area contributed by atoms with Crippen molar-refractivity contribution in [3.05, 3.63) is 34.7 Å². The second-order valence-electron chi connectivity index (χ2n) is 6.70. The van der Waals surface area contributed by atoms with Crippen molar-refractivity contribution in [2.45, 2.75) is 38.2 Å². The van der Waals surface area contributed by atoms with Crippen molar-refractivity contribution in [2.75, 3.05) is 20.6 Å². The Morgan fingerprint density at radius 1 is 1.32 bits per heavy atom. The first-order chi connectivity index (χ1) is 10.0. The van der Waals surface area contributed by atoms with Gasteiger partial charge in [0.1, 0.15) is 0 Å². The molecule has 1 heterocycles. The van der Waals surface area contributed by atoms with Gasteiger partial charge < -0.3 is 10.0 Å². The van der Waals surface area contributed by atoms with Crippen LogP contribution in [0.2, 0.25) is 0 Å². The van der Waals surface area contributed by atoms with Crippen LogP contribution in [-0.4, -0.2) is 30.6 Å². The first kappa shape index (κ1) is 17.7. The van der Waals surface area contributed by atoms with E-state index in [1.54, 1.807) is 0 Å². The minimum Gasteiger partial charge on any atom is -0.385 e. The van der Waals surface area contributed by atoms with Gasteiger partial charge in [0.05, 0.1) is 5.60 Å². The van der Waals surface area contributed by atoms with Crippen LogP contribution in [0.5, 0.6) is 0 Å². The maximum atomic E-state index is 11.5. The van der Waals surface area contributed by atoms with Crippen molar-refractivity contribution >= 4 is 33.8 Å². The molecule has 1 N–H and O–H groups in total. The minimum atomic E-state index is -0.671. The fourth-order valence-electron chi connectivity index (χ4n) is 3.83. The minimum absolute atomic E-state index is 0. The molecule has 2 nitrogen and oxygen atoms in total. The quantitative estimate of drug-likeness (QED) is 0.885. The van der Waals surface area contributed by atoms with Crippen LogP contribution < -0.4 is 0 Å². The third kappa shape index (κ3) is 3.18. The van der Waals surface area contributed by atoms with Crippen molar-refractivity contribution in [1.29, 1.82) is 0 Å². The van der Waals surface area contributed by atoms with E-state index >= 15 is 0 Å². The molecule has 2 atom stereocenters. The standard InChI is InChI=1S/C18H25NOS.ClH/c1-13-11-15-16(8-6-9-17(15)21-13)18(20)10-5-4-7-14(18)12-19(2)3;/h6,8-9,11,14,20H,4-5,7,10,12H2,1-3H3;1H. The Kier molecular flexibility index (Phi) is 5.54. The van der Waals surface area contributed by atoms with E-state index in [4.69, 9.17) is 0 Å². The Hall–Kier alpha value is -0.610. The maximum absolute atomic E-state index is 11.5. The van der Waals surface area contributed by atoms with E-state index in [9.17, 15) is 5.11 Å². The van der Waals surface area contributed by atoms with E-state index in [0.717, 1.165) is 31.4 Å². The molecule has 0 amide bonds. The number of aryl methyl sites for hydroxylation is 1. The lowest BCUT2D eigenvalue weighted by Crippen LogP contribution is -2.43. The van der Waals surface area contributed by atoms with Crippen molar-refractivity contribution in [1.82, 2.24) is 4.90 Å². The Morgan fingerprint density at radius 2 is 2.09 bits per heavy atom. The van der Waals surface area contributed by atoms with Gasteiger partial charge in [0.2, 0.25) is 0 Å². The molecular weight excluding hydrogens is 314 g/mol. The Balaban J connectivity index is 0.00000176. The zero-order valence-electron chi connectivity index (χ0n) is 13.6. The molecular formula is C18H26ClNOS. The summed E-state index contributed by atoms with van der Waals surface area (Å²) < 4.78 is 1.30. The highest BCUT2D eigenvalue weighted by molar-refractivity contribution is 7.19. The van der Waals surface area contributed by atoms with Gasteiger partial charge in [0.25, 0.3) is 0 Å². The molecule has 1 fully saturated rings. The highest BCUT2D eigenvalue weighted by Gasteiger charge is 2.41. The number of nitrogens with zero attached hydrogens (tertiary/aromatic N) is 1. The van der Waals surface area contributed by atoms with Crippen molar-refractivity contribution < 1.29 is 5.11 Å². The zero-order chi connectivity index (χ0) is 15.0. The lowest BCUT2D eigenvalue weighted by molar-refractivity contribution is -0.0606. The van der Waals surface area contributed by atoms with E-state index in [-0.39, 0.29) is 12.4 Å². The molecule has 4 heteroatoms. The molecule has 1 saturated carbocycles. The highest BCUT2D eigenvalue weighted by Crippen LogP contribution is 2.45. The predicted molar refractivity (Wildman–Crippen MR) is 98.2 cm³/mol. The number of rotatable bonds is 3. The SMILES string of the molecule is Cc1cc2c(C3(O)CCCCC3CN(C)C)cccc2s1.Cl. The van der Waals surface area contributed by atoms with Crippen LogP contribution in [0.3, 0.4) is 0 Å². The van der Waals surface area contributed by atoms with Crippen molar-refractivity contribution in [3.63, 3.8) is 0 Å². The highest BCUT2D eigenvalue weighted by atomic mass is 35.5. The number of thiophene rings is 1. The van der Waals surface area contributed by atoms with Crippen molar-refractivity contribution in [2.24, 2.45) is 5.92 Å². The average Bonchev–Trinajstić information content (AvgIpc) is 2.80. The fourth-order valence-corrected chi connectivity index (χ4v) is 4.78. The molecule has 2 unspecified atom stereocenters. The molecule has 22 heavy (non-hydrogen) atoms. The molecule has 1 aromatic heterocycles. The molecule has 0 aliphatic heterocycles. The molecule has 0 radical (unpaired) electrons. The van der Waals surface area contributed by atoms with Gasteiger partial charge in [-0.25, -0.2) is 0 Å². The van der Waals surface area contributed by atoms with Gasteiger partial charge in [-0.05, 0) is 56.9 Å². The van der Waals surface area contributed by atoms with E-state index in [2.05, 4.69) is 50.2 Å². The second-order valence-corrected chi connectivity index (χ2v) is 7.99.